The van der Waals surface area contributed by atoms with Crippen LogP contribution in [-0.4, -0.2) is 50.7 Å². The number of rotatable bonds is 7. The molecule has 0 amide bonds. The molecule has 1 aromatic carbocycles. The van der Waals surface area contributed by atoms with E-state index in [2.05, 4.69) is 4.90 Å². The van der Waals surface area contributed by atoms with E-state index in [9.17, 15) is 0 Å². The Kier molecular flexibility index (Phi) is 6.02. The third kappa shape index (κ3) is 5.02. The number of nitrogens with zero attached hydrogens (tertiary/aromatic N) is 1. The molecule has 1 aliphatic heterocycles. The minimum absolute atomic E-state index is 0.0838. The fourth-order valence-electron chi connectivity index (χ4n) is 2.64. The lowest BCUT2D eigenvalue weighted by Crippen LogP contribution is -2.37. The molecule has 0 unspecified atom stereocenters. The molecule has 0 bridgehead atoms. The normalized spacial score (nSPS) is 16.8. The molecule has 0 atom stereocenters. The first kappa shape index (κ1) is 15.8. The summed E-state index contributed by atoms with van der Waals surface area (Å²) in [5, 5.41) is 7.35. The molecule has 0 aliphatic carbocycles. The van der Waals surface area contributed by atoms with Gasteiger partial charge in [0.1, 0.15) is 18.2 Å². The van der Waals surface area contributed by atoms with Crippen molar-refractivity contribution in [2.24, 2.45) is 11.7 Å². The van der Waals surface area contributed by atoms with E-state index >= 15 is 0 Å². The van der Waals surface area contributed by atoms with E-state index in [0.717, 1.165) is 37.6 Å². The molecule has 5 nitrogen and oxygen atoms in total. The standard InChI is InChI=1S/C16H25N3O2/c1-20-12-13-6-8-19(9-7-13)10-11-21-15-4-2-14(3-5-15)16(17)18/h2-5,13H,6-12H2,1H3,(H3,17,18). The second kappa shape index (κ2) is 8.00. The van der Waals surface area contributed by atoms with Gasteiger partial charge in [0.25, 0.3) is 0 Å². The molecule has 1 heterocycles. The fourth-order valence-corrected chi connectivity index (χ4v) is 2.64. The summed E-state index contributed by atoms with van der Waals surface area (Å²) >= 11 is 0. The molecule has 1 fully saturated rings. The van der Waals surface area contributed by atoms with Gasteiger partial charge in [-0.3, -0.25) is 10.3 Å². The molecule has 21 heavy (non-hydrogen) atoms. The van der Waals surface area contributed by atoms with Crippen LogP contribution in [0.3, 0.4) is 0 Å². The Labute approximate surface area is 126 Å². The predicted molar refractivity (Wildman–Crippen MR) is 84.0 cm³/mol. The van der Waals surface area contributed by atoms with Gasteiger partial charge in [0, 0.05) is 25.8 Å². The van der Waals surface area contributed by atoms with Crippen molar-refractivity contribution in [2.45, 2.75) is 12.8 Å². The second-order valence-electron chi connectivity index (χ2n) is 5.53. The van der Waals surface area contributed by atoms with Crippen molar-refractivity contribution >= 4 is 5.84 Å². The second-order valence-corrected chi connectivity index (χ2v) is 5.53. The summed E-state index contributed by atoms with van der Waals surface area (Å²) in [5.74, 6) is 1.63. The molecule has 0 radical (unpaired) electrons. The Morgan fingerprint density at radius 2 is 1.95 bits per heavy atom. The summed E-state index contributed by atoms with van der Waals surface area (Å²) in [4.78, 5) is 2.44. The van der Waals surface area contributed by atoms with Gasteiger partial charge >= 0.3 is 0 Å². The Hall–Kier alpha value is -1.59. The third-order valence-electron chi connectivity index (χ3n) is 3.95. The van der Waals surface area contributed by atoms with Gasteiger partial charge in [-0.15, -0.1) is 0 Å². The van der Waals surface area contributed by atoms with Crippen LogP contribution in [-0.2, 0) is 4.74 Å². The molecular formula is C16H25N3O2. The van der Waals surface area contributed by atoms with Crippen LogP contribution in [0.15, 0.2) is 24.3 Å². The number of nitrogens with two attached hydrogens (primary N) is 1. The van der Waals surface area contributed by atoms with Gasteiger partial charge in [0.05, 0.1) is 0 Å². The highest BCUT2D eigenvalue weighted by molar-refractivity contribution is 5.94. The quantitative estimate of drug-likeness (QED) is 0.592. The first-order valence-corrected chi connectivity index (χ1v) is 7.47. The largest absolute Gasteiger partial charge is 0.492 e. The number of ether oxygens (including phenoxy) is 2. The van der Waals surface area contributed by atoms with Crippen molar-refractivity contribution in [3.8, 4) is 5.75 Å². The van der Waals surface area contributed by atoms with Gasteiger partial charge in [-0.2, -0.15) is 0 Å². The van der Waals surface area contributed by atoms with Crippen molar-refractivity contribution in [3.63, 3.8) is 0 Å². The molecule has 3 N–H and O–H groups in total. The van der Waals surface area contributed by atoms with Gasteiger partial charge in [-0.25, -0.2) is 0 Å². The minimum atomic E-state index is 0.0838. The lowest BCUT2D eigenvalue weighted by molar-refractivity contribution is 0.0928. The summed E-state index contributed by atoms with van der Waals surface area (Å²) in [5.41, 5.74) is 6.15. The number of benzene rings is 1. The first-order chi connectivity index (χ1) is 10.2. The Morgan fingerprint density at radius 3 is 2.52 bits per heavy atom. The SMILES string of the molecule is COCC1CCN(CCOc2ccc(C(=N)N)cc2)CC1. The van der Waals surface area contributed by atoms with E-state index in [0.29, 0.717) is 12.5 Å². The topological polar surface area (TPSA) is 71.6 Å². The number of hydrogen-bond donors (Lipinski definition) is 2. The number of likely N-dealkylation sites (tertiary alicyclic amines) is 1. The van der Waals surface area contributed by atoms with Gasteiger partial charge in [-0.1, -0.05) is 0 Å². The van der Waals surface area contributed by atoms with Crippen LogP contribution in [0, 0.1) is 11.3 Å². The average molecular weight is 291 g/mol. The Morgan fingerprint density at radius 1 is 1.29 bits per heavy atom. The summed E-state index contributed by atoms with van der Waals surface area (Å²) < 4.78 is 11.0. The van der Waals surface area contributed by atoms with Crippen LogP contribution < -0.4 is 10.5 Å². The van der Waals surface area contributed by atoms with Crippen LogP contribution in [0.4, 0.5) is 0 Å². The number of nitrogens with one attached hydrogen (secondary N) is 1. The minimum Gasteiger partial charge on any atom is -0.492 e. The van der Waals surface area contributed by atoms with E-state index in [-0.39, 0.29) is 5.84 Å². The number of piperidine rings is 1. The van der Waals surface area contributed by atoms with Crippen LogP contribution in [0.25, 0.3) is 0 Å². The van der Waals surface area contributed by atoms with E-state index in [1.165, 1.54) is 12.8 Å². The van der Waals surface area contributed by atoms with Crippen LogP contribution in [0.5, 0.6) is 5.75 Å². The van der Waals surface area contributed by atoms with Crippen LogP contribution >= 0.6 is 0 Å². The molecule has 0 aromatic heterocycles. The summed E-state index contributed by atoms with van der Waals surface area (Å²) in [7, 11) is 1.78. The maximum Gasteiger partial charge on any atom is 0.122 e. The van der Waals surface area contributed by atoms with Crippen LogP contribution in [0.2, 0.25) is 0 Å². The zero-order chi connectivity index (χ0) is 15.1. The van der Waals surface area contributed by atoms with E-state index in [1.807, 2.05) is 24.3 Å². The van der Waals surface area contributed by atoms with E-state index in [4.69, 9.17) is 20.6 Å². The highest BCUT2D eigenvalue weighted by Gasteiger charge is 2.18. The molecule has 1 aromatic rings. The monoisotopic (exact) mass is 291 g/mol. The number of hydrogen-bond acceptors (Lipinski definition) is 4. The van der Waals surface area contributed by atoms with Crippen molar-refractivity contribution in [3.05, 3.63) is 29.8 Å². The van der Waals surface area contributed by atoms with Crippen molar-refractivity contribution in [2.75, 3.05) is 40.0 Å². The lowest BCUT2D eigenvalue weighted by atomic mass is 9.98. The summed E-state index contributed by atoms with van der Waals surface area (Å²) in [6, 6.07) is 7.35. The number of nitrogen functional groups attached to an aromatic ring is 1. The number of methoxy groups -OCH3 is 1. The molecule has 1 saturated heterocycles. The summed E-state index contributed by atoms with van der Waals surface area (Å²) in [6.07, 6.45) is 2.42. The zero-order valence-electron chi connectivity index (χ0n) is 12.7. The lowest BCUT2D eigenvalue weighted by Gasteiger charge is -2.31. The smallest absolute Gasteiger partial charge is 0.122 e. The first-order valence-electron chi connectivity index (χ1n) is 7.47. The Balaban J connectivity index is 1.67. The number of amidine groups is 1. The van der Waals surface area contributed by atoms with E-state index in [1.54, 1.807) is 7.11 Å². The van der Waals surface area contributed by atoms with E-state index < -0.39 is 0 Å². The van der Waals surface area contributed by atoms with Gasteiger partial charge in [0.15, 0.2) is 0 Å². The highest BCUT2D eigenvalue weighted by atomic mass is 16.5. The molecule has 0 saturated carbocycles. The van der Waals surface area contributed by atoms with Crippen molar-refractivity contribution in [1.82, 2.24) is 4.90 Å². The third-order valence-corrected chi connectivity index (χ3v) is 3.95. The van der Waals surface area contributed by atoms with Gasteiger partial charge < -0.3 is 15.2 Å². The molecule has 1 aliphatic rings. The molecule has 2 rings (SSSR count). The van der Waals surface area contributed by atoms with Crippen molar-refractivity contribution in [1.29, 1.82) is 5.41 Å². The van der Waals surface area contributed by atoms with Gasteiger partial charge in [-0.05, 0) is 56.1 Å². The zero-order valence-corrected chi connectivity index (χ0v) is 12.7. The molecule has 116 valence electrons. The molecule has 0 spiro atoms. The summed E-state index contributed by atoms with van der Waals surface area (Å²) in [6.45, 7) is 4.77. The molecular weight excluding hydrogens is 266 g/mol. The Bertz CT molecular complexity index is 439. The maximum atomic E-state index is 7.35. The van der Waals surface area contributed by atoms with Gasteiger partial charge in [0.2, 0.25) is 0 Å². The maximum absolute atomic E-state index is 7.35. The highest BCUT2D eigenvalue weighted by Crippen LogP contribution is 2.17. The fraction of sp³-hybridized carbons (Fsp3) is 0.562. The van der Waals surface area contributed by atoms with Crippen molar-refractivity contribution < 1.29 is 9.47 Å². The average Bonchev–Trinajstić information content (AvgIpc) is 2.50. The molecule has 5 heteroatoms. The van der Waals surface area contributed by atoms with Crippen LogP contribution in [0.1, 0.15) is 18.4 Å². The predicted octanol–water partition coefficient (Wildman–Crippen LogP) is 1.71.